The van der Waals surface area contributed by atoms with Crippen LogP contribution in [0.2, 0.25) is 0 Å². The molecule has 0 aliphatic heterocycles. The van der Waals surface area contributed by atoms with Crippen molar-refractivity contribution in [3.63, 3.8) is 0 Å². The Balaban J connectivity index is 1.39. The zero-order valence-electron chi connectivity index (χ0n) is 24.4. The molecule has 0 atom stereocenters. The first-order valence-electron chi connectivity index (χ1n) is 15.3. The fraction of sp³-hybridized carbons (Fsp3) is 0.576. The summed E-state index contributed by atoms with van der Waals surface area (Å²) in [6, 6.07) is 13.3. The first-order valence-corrected chi connectivity index (χ1v) is 15.3. The van der Waals surface area contributed by atoms with Gasteiger partial charge < -0.3 is 25.2 Å². The van der Waals surface area contributed by atoms with Gasteiger partial charge in [-0.3, -0.25) is 9.59 Å². The third kappa shape index (κ3) is 16.7. The fourth-order valence-electron chi connectivity index (χ4n) is 4.44. The van der Waals surface area contributed by atoms with Gasteiger partial charge in [0.2, 0.25) is 5.91 Å². The zero-order valence-corrected chi connectivity index (χ0v) is 24.4. The molecule has 0 aromatic heterocycles. The molecule has 7 nitrogen and oxygen atoms in total. The molecule has 0 unspecified atom stereocenters. The number of carbonyl (C=O) groups is 2. The number of nitrogens with one attached hydrogen (secondary N) is 2. The summed E-state index contributed by atoms with van der Waals surface area (Å²) in [5.74, 6) is 1.57. The third-order valence-corrected chi connectivity index (χ3v) is 6.84. The third-order valence-electron chi connectivity index (χ3n) is 6.84. The second-order valence-corrected chi connectivity index (χ2v) is 10.4. The molecule has 2 amide bonds. The van der Waals surface area contributed by atoms with E-state index < -0.39 is 0 Å². The van der Waals surface area contributed by atoms with Crippen LogP contribution in [0.4, 0.5) is 0 Å². The van der Waals surface area contributed by atoms with Gasteiger partial charge in [-0.2, -0.15) is 0 Å². The number of amides is 2. The summed E-state index contributed by atoms with van der Waals surface area (Å²) in [5, 5.41) is 14.7. The van der Waals surface area contributed by atoms with Crippen molar-refractivity contribution in [1.29, 1.82) is 0 Å². The van der Waals surface area contributed by atoms with E-state index in [-0.39, 0.29) is 30.8 Å². The normalized spacial score (nSPS) is 10.7. The highest BCUT2D eigenvalue weighted by molar-refractivity contribution is 5.79. The van der Waals surface area contributed by atoms with Gasteiger partial charge in [0.05, 0.1) is 6.67 Å². The summed E-state index contributed by atoms with van der Waals surface area (Å²) in [7, 11) is 0. The van der Waals surface area contributed by atoms with E-state index in [0.717, 1.165) is 12.8 Å². The number of carbonyl (C=O) groups excluding carboxylic acids is 2. The van der Waals surface area contributed by atoms with Gasteiger partial charge in [-0.1, -0.05) is 96.8 Å². The van der Waals surface area contributed by atoms with Crippen molar-refractivity contribution in [3.05, 3.63) is 48.5 Å². The fourth-order valence-corrected chi connectivity index (χ4v) is 4.44. The van der Waals surface area contributed by atoms with Crippen molar-refractivity contribution >= 4 is 11.8 Å². The molecule has 40 heavy (non-hydrogen) atoms. The zero-order chi connectivity index (χ0) is 28.7. The molecule has 2 aromatic carbocycles. The number of unbranched alkanes of at least 4 members (excludes halogenated alkanes) is 14. The highest BCUT2D eigenvalue weighted by atomic mass is 16.5. The Labute approximate surface area is 241 Å². The van der Waals surface area contributed by atoms with E-state index in [9.17, 15) is 14.7 Å². The molecule has 0 fully saturated rings. The second kappa shape index (κ2) is 21.6. The minimum atomic E-state index is -0.309. The molecule has 0 saturated carbocycles. The monoisotopic (exact) mass is 554 g/mol. The quantitative estimate of drug-likeness (QED) is 0.0955. The number of ether oxygens (including phenoxy) is 2. The molecular formula is C33H50N2O5. The van der Waals surface area contributed by atoms with Crippen LogP contribution in [0.15, 0.2) is 48.5 Å². The number of phenolic OH excluding ortho intramolecular Hbond substituents is 1. The molecule has 0 radical (unpaired) electrons. The predicted octanol–water partition coefficient (Wildman–Crippen LogP) is 8.01. The van der Waals surface area contributed by atoms with E-state index in [0.29, 0.717) is 23.7 Å². The minimum Gasteiger partial charge on any atom is -0.508 e. The van der Waals surface area contributed by atoms with Crippen molar-refractivity contribution in [1.82, 2.24) is 10.6 Å². The van der Waals surface area contributed by atoms with Gasteiger partial charge in [0.1, 0.15) is 23.0 Å². The summed E-state index contributed by atoms with van der Waals surface area (Å²) in [6.07, 6.45) is 20.0. The Morgan fingerprint density at radius 3 is 1.55 bits per heavy atom. The molecule has 0 saturated heterocycles. The standard InChI is InChI=1S/C33H50N2O5/c1-2-3-4-5-6-7-8-9-10-11-12-13-14-15-16-17-32(37)34-27-35-33(38)26-39-29-22-24-31(25-23-29)40-30-20-18-28(36)19-21-30/h18-25,36H,2-17,26-27H2,1H3,(H,34,37)(H,35,38). The van der Waals surface area contributed by atoms with E-state index >= 15 is 0 Å². The van der Waals surface area contributed by atoms with E-state index in [1.165, 1.54) is 83.5 Å². The Morgan fingerprint density at radius 1 is 0.600 bits per heavy atom. The van der Waals surface area contributed by atoms with Crippen LogP contribution < -0.4 is 20.1 Å². The summed E-state index contributed by atoms with van der Waals surface area (Å²) < 4.78 is 11.2. The van der Waals surface area contributed by atoms with Crippen LogP contribution in [0.1, 0.15) is 110 Å². The van der Waals surface area contributed by atoms with E-state index in [4.69, 9.17) is 9.47 Å². The van der Waals surface area contributed by atoms with Crippen LogP contribution in [-0.4, -0.2) is 30.2 Å². The molecule has 0 aliphatic carbocycles. The summed E-state index contributed by atoms with van der Waals surface area (Å²) >= 11 is 0. The second-order valence-electron chi connectivity index (χ2n) is 10.4. The van der Waals surface area contributed by atoms with Crippen molar-refractivity contribution in [2.75, 3.05) is 13.3 Å². The number of phenols is 1. The van der Waals surface area contributed by atoms with Gasteiger partial charge in [0, 0.05) is 6.42 Å². The number of benzene rings is 2. The Kier molecular flexibility index (Phi) is 17.8. The molecular weight excluding hydrogens is 504 g/mol. The molecule has 0 spiro atoms. The number of rotatable bonds is 23. The van der Waals surface area contributed by atoms with Gasteiger partial charge in [-0.05, 0) is 55.0 Å². The molecule has 222 valence electrons. The summed E-state index contributed by atoms with van der Waals surface area (Å²) in [4.78, 5) is 24.0. The molecule has 2 aromatic rings. The number of hydrogen-bond acceptors (Lipinski definition) is 5. The largest absolute Gasteiger partial charge is 0.508 e. The van der Waals surface area contributed by atoms with Crippen LogP contribution in [0.25, 0.3) is 0 Å². The lowest BCUT2D eigenvalue weighted by molar-refractivity contribution is -0.124. The Morgan fingerprint density at radius 2 is 1.02 bits per heavy atom. The number of hydrogen-bond donors (Lipinski definition) is 3. The molecule has 3 N–H and O–H groups in total. The summed E-state index contributed by atoms with van der Waals surface area (Å²) in [5.41, 5.74) is 0. The molecule has 0 bridgehead atoms. The Bertz CT molecular complexity index is 931. The average molecular weight is 555 g/mol. The van der Waals surface area contributed by atoms with Crippen molar-refractivity contribution in [3.8, 4) is 23.0 Å². The first kappa shape index (κ1) is 33.0. The van der Waals surface area contributed by atoms with Gasteiger partial charge in [-0.15, -0.1) is 0 Å². The first-order chi connectivity index (χ1) is 19.6. The SMILES string of the molecule is CCCCCCCCCCCCCCCCCC(=O)NCNC(=O)COc1ccc(Oc2ccc(O)cc2)cc1. The van der Waals surface area contributed by atoms with E-state index in [2.05, 4.69) is 17.6 Å². The highest BCUT2D eigenvalue weighted by Crippen LogP contribution is 2.25. The van der Waals surface area contributed by atoms with Crippen LogP contribution in [0, 0.1) is 0 Å². The van der Waals surface area contributed by atoms with Crippen molar-refractivity contribution in [2.45, 2.75) is 110 Å². The molecule has 2 rings (SSSR count). The average Bonchev–Trinajstić information content (AvgIpc) is 2.96. The van der Waals surface area contributed by atoms with Gasteiger partial charge >= 0.3 is 0 Å². The molecule has 0 heterocycles. The molecule has 0 aliphatic rings. The van der Waals surface area contributed by atoms with Crippen LogP contribution in [0.5, 0.6) is 23.0 Å². The topological polar surface area (TPSA) is 96.9 Å². The lowest BCUT2D eigenvalue weighted by Gasteiger charge is -2.10. The maximum Gasteiger partial charge on any atom is 0.259 e. The lowest BCUT2D eigenvalue weighted by atomic mass is 10.0. The molecule has 7 heteroatoms. The van der Waals surface area contributed by atoms with Crippen LogP contribution in [0.3, 0.4) is 0 Å². The van der Waals surface area contributed by atoms with E-state index in [1.54, 1.807) is 48.5 Å². The van der Waals surface area contributed by atoms with E-state index in [1.807, 2.05) is 0 Å². The van der Waals surface area contributed by atoms with Crippen molar-refractivity contribution < 1.29 is 24.2 Å². The minimum absolute atomic E-state index is 0.0415. The maximum atomic E-state index is 12.0. The van der Waals surface area contributed by atoms with Crippen molar-refractivity contribution in [2.24, 2.45) is 0 Å². The summed E-state index contributed by atoms with van der Waals surface area (Å²) in [6.45, 7) is 2.22. The number of aromatic hydroxyl groups is 1. The Hall–Kier alpha value is -3.22. The maximum absolute atomic E-state index is 12.0. The van der Waals surface area contributed by atoms with Gasteiger partial charge in [-0.25, -0.2) is 0 Å². The highest BCUT2D eigenvalue weighted by Gasteiger charge is 2.05. The predicted molar refractivity (Wildman–Crippen MR) is 161 cm³/mol. The van der Waals surface area contributed by atoms with Crippen LogP contribution in [-0.2, 0) is 9.59 Å². The van der Waals surface area contributed by atoms with Crippen LogP contribution >= 0.6 is 0 Å². The lowest BCUT2D eigenvalue weighted by Crippen LogP contribution is -2.39. The smallest absolute Gasteiger partial charge is 0.259 e. The van der Waals surface area contributed by atoms with Gasteiger partial charge in [0.15, 0.2) is 6.61 Å². The van der Waals surface area contributed by atoms with Gasteiger partial charge in [0.25, 0.3) is 5.91 Å².